The molecule has 0 radical (unpaired) electrons. The largest absolute Gasteiger partial charge is 0.487 e. The third-order valence-corrected chi connectivity index (χ3v) is 4.82. The number of ether oxygens (including phenoxy) is 2. The Hall–Kier alpha value is -2.87. The van der Waals surface area contributed by atoms with Gasteiger partial charge in [0.2, 0.25) is 0 Å². The number of nitrogens with zero attached hydrogens (tertiary/aromatic N) is 3. The monoisotopic (exact) mass is 401 g/mol. The number of carbonyl (C=O) groups excluding carboxylic acids is 1. The molecule has 3 aromatic rings. The Bertz CT molecular complexity index is 932. The minimum Gasteiger partial charge on any atom is -0.487 e. The summed E-state index contributed by atoms with van der Waals surface area (Å²) in [6.45, 7) is 2.20. The van der Waals surface area contributed by atoms with E-state index in [0.717, 1.165) is 17.7 Å². The zero-order valence-corrected chi connectivity index (χ0v) is 16.2. The van der Waals surface area contributed by atoms with Crippen molar-refractivity contribution in [2.24, 2.45) is 0 Å². The van der Waals surface area contributed by atoms with Gasteiger partial charge in [0, 0.05) is 0 Å². The number of carbonyl (C=O) groups is 1. The zero-order chi connectivity index (χ0) is 19.8. The van der Waals surface area contributed by atoms with Crippen LogP contribution in [0.1, 0.15) is 12.5 Å². The van der Waals surface area contributed by atoms with Gasteiger partial charge in [-0.3, -0.25) is 9.36 Å². The molecule has 28 heavy (non-hydrogen) atoms. The van der Waals surface area contributed by atoms with Crippen LogP contribution in [0.3, 0.4) is 0 Å². The molecule has 146 valence electrons. The predicted octanol–water partition coefficient (Wildman–Crippen LogP) is 3.68. The summed E-state index contributed by atoms with van der Waals surface area (Å²) in [4.78, 5) is 12.0. The van der Waals surface area contributed by atoms with E-state index in [-0.39, 0.29) is 24.7 Å². The molecular weight excluding hydrogens is 381 g/mol. The number of halogens is 1. The van der Waals surface area contributed by atoms with Gasteiger partial charge in [-0.2, -0.15) is 0 Å². The van der Waals surface area contributed by atoms with Gasteiger partial charge in [-0.1, -0.05) is 49.0 Å². The smallest absolute Gasteiger partial charge is 0.316 e. The Morgan fingerprint density at radius 1 is 1.14 bits per heavy atom. The van der Waals surface area contributed by atoms with Gasteiger partial charge in [0.25, 0.3) is 0 Å². The molecule has 0 bridgehead atoms. The summed E-state index contributed by atoms with van der Waals surface area (Å²) >= 11 is 1.25. The molecule has 1 heterocycles. The molecule has 0 aliphatic carbocycles. The lowest BCUT2D eigenvalue weighted by atomic mass is 10.1. The first-order valence-electron chi connectivity index (χ1n) is 8.83. The molecule has 0 fully saturated rings. The first-order chi connectivity index (χ1) is 13.7. The molecule has 0 saturated heterocycles. The Morgan fingerprint density at radius 2 is 1.93 bits per heavy atom. The minimum absolute atomic E-state index is 0.0408. The third kappa shape index (κ3) is 5.10. The SMILES string of the molecule is CCc1ccccc1-n1cnnc1SCC(=O)OCCOc1ccccc1F. The first kappa shape index (κ1) is 19.9. The molecule has 0 amide bonds. The molecule has 6 nitrogen and oxygen atoms in total. The molecule has 0 spiro atoms. The second-order valence-electron chi connectivity index (χ2n) is 5.75. The average molecular weight is 401 g/mol. The molecule has 3 rings (SSSR count). The topological polar surface area (TPSA) is 66.2 Å². The fourth-order valence-electron chi connectivity index (χ4n) is 2.57. The second kappa shape index (κ2) is 9.89. The van der Waals surface area contributed by atoms with Gasteiger partial charge in [-0.25, -0.2) is 4.39 Å². The normalized spacial score (nSPS) is 10.6. The Kier molecular flexibility index (Phi) is 7.02. The molecule has 0 atom stereocenters. The fourth-order valence-corrected chi connectivity index (χ4v) is 3.29. The fraction of sp³-hybridized carbons (Fsp3) is 0.250. The molecule has 0 aliphatic rings. The Balaban J connectivity index is 1.48. The molecule has 0 N–H and O–H groups in total. The van der Waals surface area contributed by atoms with Crippen molar-refractivity contribution in [2.45, 2.75) is 18.5 Å². The van der Waals surface area contributed by atoms with Crippen molar-refractivity contribution in [3.8, 4) is 11.4 Å². The molecule has 0 unspecified atom stereocenters. The van der Waals surface area contributed by atoms with Gasteiger partial charge in [-0.05, 0) is 30.2 Å². The van der Waals surface area contributed by atoms with E-state index in [1.165, 1.54) is 23.9 Å². The van der Waals surface area contributed by atoms with Crippen LogP contribution in [-0.4, -0.2) is 39.7 Å². The maximum Gasteiger partial charge on any atom is 0.316 e. The Morgan fingerprint density at radius 3 is 2.75 bits per heavy atom. The van der Waals surface area contributed by atoms with Crippen molar-refractivity contribution in [3.05, 3.63) is 66.2 Å². The number of rotatable bonds is 9. The highest BCUT2D eigenvalue weighted by atomic mass is 32.2. The first-order valence-corrected chi connectivity index (χ1v) is 9.81. The van der Waals surface area contributed by atoms with E-state index in [1.54, 1.807) is 18.5 Å². The van der Waals surface area contributed by atoms with Gasteiger partial charge < -0.3 is 9.47 Å². The van der Waals surface area contributed by atoms with Crippen LogP contribution in [0.4, 0.5) is 4.39 Å². The zero-order valence-electron chi connectivity index (χ0n) is 15.4. The minimum atomic E-state index is -0.448. The number of hydrogen-bond donors (Lipinski definition) is 0. The van der Waals surface area contributed by atoms with Crippen LogP contribution in [0.2, 0.25) is 0 Å². The summed E-state index contributed by atoms with van der Waals surface area (Å²) in [6, 6.07) is 14.1. The predicted molar refractivity (Wildman–Crippen MR) is 104 cm³/mol. The molecule has 0 aliphatic heterocycles. The van der Waals surface area contributed by atoms with Gasteiger partial charge in [0.05, 0.1) is 11.4 Å². The summed E-state index contributed by atoms with van der Waals surface area (Å²) in [5, 5.41) is 8.65. The summed E-state index contributed by atoms with van der Waals surface area (Å²) in [6.07, 6.45) is 2.51. The van der Waals surface area contributed by atoms with E-state index >= 15 is 0 Å². The molecular formula is C20H20FN3O3S. The van der Waals surface area contributed by atoms with Crippen molar-refractivity contribution in [1.29, 1.82) is 0 Å². The maximum absolute atomic E-state index is 13.4. The standard InChI is InChI=1S/C20H20FN3O3S/c1-2-15-7-3-5-9-17(15)24-14-22-23-20(24)28-13-19(25)27-12-11-26-18-10-6-4-8-16(18)21/h3-10,14H,2,11-13H2,1H3. The maximum atomic E-state index is 13.4. The quantitative estimate of drug-likeness (QED) is 0.310. The number of benzene rings is 2. The highest BCUT2D eigenvalue weighted by Crippen LogP contribution is 2.22. The van der Waals surface area contributed by atoms with E-state index in [1.807, 2.05) is 28.8 Å². The van der Waals surface area contributed by atoms with E-state index in [2.05, 4.69) is 17.1 Å². The van der Waals surface area contributed by atoms with E-state index in [4.69, 9.17) is 9.47 Å². The van der Waals surface area contributed by atoms with Crippen molar-refractivity contribution < 1.29 is 18.7 Å². The number of aryl methyl sites for hydroxylation is 1. The van der Waals surface area contributed by atoms with Crippen LogP contribution in [0, 0.1) is 5.82 Å². The molecule has 0 saturated carbocycles. The van der Waals surface area contributed by atoms with Gasteiger partial charge in [0.1, 0.15) is 19.5 Å². The molecule has 1 aromatic heterocycles. The number of thioether (sulfide) groups is 1. The highest BCUT2D eigenvalue weighted by molar-refractivity contribution is 7.99. The highest BCUT2D eigenvalue weighted by Gasteiger charge is 2.13. The lowest BCUT2D eigenvalue weighted by Crippen LogP contribution is -2.14. The summed E-state index contributed by atoms with van der Waals surface area (Å²) in [5.41, 5.74) is 2.15. The van der Waals surface area contributed by atoms with Gasteiger partial charge >= 0.3 is 5.97 Å². The summed E-state index contributed by atoms with van der Waals surface area (Å²) in [5.74, 6) is -0.626. The van der Waals surface area contributed by atoms with Crippen molar-refractivity contribution in [2.75, 3.05) is 19.0 Å². The lowest BCUT2D eigenvalue weighted by Gasteiger charge is -2.10. The van der Waals surface area contributed by atoms with Gasteiger partial charge in [0.15, 0.2) is 16.7 Å². The average Bonchev–Trinajstić information content (AvgIpc) is 3.19. The number of aromatic nitrogens is 3. The summed E-state index contributed by atoms with van der Waals surface area (Å²) in [7, 11) is 0. The van der Waals surface area contributed by atoms with E-state index < -0.39 is 11.8 Å². The van der Waals surface area contributed by atoms with Gasteiger partial charge in [-0.15, -0.1) is 10.2 Å². The van der Waals surface area contributed by atoms with Crippen LogP contribution in [0.25, 0.3) is 5.69 Å². The summed E-state index contributed by atoms with van der Waals surface area (Å²) < 4.78 is 25.7. The van der Waals surface area contributed by atoms with Crippen molar-refractivity contribution >= 4 is 17.7 Å². The van der Waals surface area contributed by atoms with Crippen molar-refractivity contribution in [3.63, 3.8) is 0 Å². The van der Waals surface area contributed by atoms with Crippen LogP contribution in [-0.2, 0) is 16.0 Å². The number of esters is 1. The van der Waals surface area contributed by atoms with E-state index in [0.29, 0.717) is 5.16 Å². The molecule has 2 aromatic carbocycles. The lowest BCUT2D eigenvalue weighted by molar-refractivity contribution is -0.141. The third-order valence-electron chi connectivity index (χ3n) is 3.91. The van der Waals surface area contributed by atoms with E-state index in [9.17, 15) is 9.18 Å². The van der Waals surface area contributed by atoms with Crippen LogP contribution < -0.4 is 4.74 Å². The van der Waals surface area contributed by atoms with Crippen LogP contribution in [0.5, 0.6) is 5.75 Å². The second-order valence-corrected chi connectivity index (χ2v) is 6.70. The number of hydrogen-bond acceptors (Lipinski definition) is 6. The number of para-hydroxylation sites is 2. The molecule has 8 heteroatoms. The van der Waals surface area contributed by atoms with Crippen molar-refractivity contribution in [1.82, 2.24) is 14.8 Å². The van der Waals surface area contributed by atoms with Crippen LogP contribution >= 0.6 is 11.8 Å². The van der Waals surface area contributed by atoms with Crippen LogP contribution in [0.15, 0.2) is 60.0 Å². The Labute approximate surface area is 166 Å².